The number of carbonyl (C=O) groups excluding carboxylic acids is 1. The van der Waals surface area contributed by atoms with Gasteiger partial charge in [0.15, 0.2) is 5.78 Å². The van der Waals surface area contributed by atoms with Gasteiger partial charge in [0.25, 0.3) is 0 Å². The van der Waals surface area contributed by atoms with Crippen LogP contribution in [0.15, 0.2) is 0 Å². The summed E-state index contributed by atoms with van der Waals surface area (Å²) in [5, 5.41) is 0. The minimum atomic E-state index is 0.173. The van der Waals surface area contributed by atoms with Crippen molar-refractivity contribution in [2.24, 2.45) is 0 Å². The Morgan fingerprint density at radius 2 is 2.08 bits per heavy atom. The van der Waals surface area contributed by atoms with Crippen LogP contribution in [0.2, 0.25) is 0 Å². The van der Waals surface area contributed by atoms with Gasteiger partial charge in [-0.05, 0) is 20.9 Å². The van der Waals surface area contributed by atoms with Crippen molar-refractivity contribution in [3.05, 3.63) is 0 Å². The van der Waals surface area contributed by atoms with Crippen LogP contribution >= 0.6 is 0 Å². The van der Waals surface area contributed by atoms with E-state index in [1.807, 2.05) is 6.92 Å². The van der Waals surface area contributed by atoms with Crippen molar-refractivity contribution in [1.82, 2.24) is 4.90 Å². The van der Waals surface area contributed by atoms with E-state index in [9.17, 15) is 4.79 Å². The molecule has 13 heavy (non-hydrogen) atoms. The number of rotatable bonds is 7. The first-order valence-corrected chi connectivity index (χ1v) is 4.87. The summed E-state index contributed by atoms with van der Waals surface area (Å²) < 4.78 is 5.22. The Kier molecular flexibility index (Phi) is 6.82. The molecule has 0 aliphatic carbocycles. The summed E-state index contributed by atoms with van der Waals surface area (Å²) >= 11 is 0. The molecule has 0 atom stereocenters. The summed E-state index contributed by atoms with van der Waals surface area (Å²) in [7, 11) is 2.05. The lowest BCUT2D eigenvalue weighted by Gasteiger charge is -2.20. The average Bonchev–Trinajstić information content (AvgIpc) is 2.11. The molecule has 0 saturated heterocycles. The number of Topliss-reactive ketones (excluding diaryl/α,β-unsaturated/α-hetero) is 1. The van der Waals surface area contributed by atoms with Crippen molar-refractivity contribution in [3.8, 4) is 0 Å². The summed E-state index contributed by atoms with van der Waals surface area (Å²) in [5.41, 5.74) is 0. The molecule has 78 valence electrons. The molecule has 0 heterocycles. The summed E-state index contributed by atoms with van der Waals surface area (Å²) in [6.07, 6.45) is 0.569. The number of nitrogens with zero attached hydrogens (tertiary/aromatic N) is 1. The van der Waals surface area contributed by atoms with Gasteiger partial charge in [-0.25, -0.2) is 0 Å². The molecule has 0 amide bonds. The zero-order valence-electron chi connectivity index (χ0n) is 9.17. The largest absolute Gasteiger partial charge is 0.372 e. The fourth-order valence-corrected chi connectivity index (χ4v) is 0.755. The highest BCUT2D eigenvalue weighted by atomic mass is 16.5. The molecule has 0 aliphatic heterocycles. The second kappa shape index (κ2) is 7.04. The predicted molar refractivity (Wildman–Crippen MR) is 53.9 cm³/mol. The molecule has 0 rings (SSSR count). The Balaban J connectivity index is 3.30. The molecule has 0 fully saturated rings. The number of hydrogen-bond donors (Lipinski definition) is 0. The Hall–Kier alpha value is -0.410. The van der Waals surface area contributed by atoms with Crippen molar-refractivity contribution in [3.63, 3.8) is 0 Å². The van der Waals surface area contributed by atoms with E-state index in [1.165, 1.54) is 0 Å². The average molecular weight is 187 g/mol. The summed E-state index contributed by atoms with van der Waals surface area (Å²) in [5.74, 6) is 0.173. The van der Waals surface area contributed by atoms with E-state index in [2.05, 4.69) is 25.8 Å². The normalized spacial score (nSPS) is 11.2. The zero-order chi connectivity index (χ0) is 10.3. The quantitative estimate of drug-likeness (QED) is 0.563. The van der Waals surface area contributed by atoms with Crippen molar-refractivity contribution >= 4 is 5.78 Å². The lowest BCUT2D eigenvalue weighted by atomic mass is 10.3. The van der Waals surface area contributed by atoms with Crippen molar-refractivity contribution < 1.29 is 9.53 Å². The third kappa shape index (κ3) is 6.72. The van der Waals surface area contributed by atoms with E-state index in [0.717, 1.165) is 6.54 Å². The fourth-order valence-electron chi connectivity index (χ4n) is 0.755. The molecule has 0 aromatic heterocycles. The Labute approximate surface area is 81.1 Å². The second-order valence-electron chi connectivity index (χ2n) is 3.52. The first-order valence-electron chi connectivity index (χ1n) is 4.87. The predicted octanol–water partition coefficient (Wildman–Crippen LogP) is 1.32. The van der Waals surface area contributed by atoms with Gasteiger partial charge in [-0.1, -0.05) is 6.92 Å². The minimum absolute atomic E-state index is 0.173. The molecule has 0 radical (unpaired) electrons. The van der Waals surface area contributed by atoms with Crippen molar-refractivity contribution in [2.75, 3.05) is 26.8 Å². The Bertz CT molecular complexity index is 146. The molecule has 0 spiro atoms. The van der Waals surface area contributed by atoms with Crippen LogP contribution in [0.5, 0.6) is 0 Å². The van der Waals surface area contributed by atoms with Crippen LogP contribution in [0, 0.1) is 0 Å². The van der Waals surface area contributed by atoms with Crippen molar-refractivity contribution in [2.45, 2.75) is 33.2 Å². The van der Waals surface area contributed by atoms with Gasteiger partial charge in [-0.2, -0.15) is 0 Å². The highest BCUT2D eigenvalue weighted by molar-refractivity contribution is 5.79. The number of likely N-dealkylation sites (N-methyl/N-ethyl adjacent to an activating group) is 1. The van der Waals surface area contributed by atoms with E-state index in [4.69, 9.17) is 4.74 Å². The number of hydrogen-bond acceptors (Lipinski definition) is 3. The van der Waals surface area contributed by atoms with Gasteiger partial charge in [0.2, 0.25) is 0 Å². The number of ether oxygens (including phenoxy) is 1. The zero-order valence-corrected chi connectivity index (χ0v) is 9.17. The number of carbonyl (C=O) groups is 1. The molecule has 0 bridgehead atoms. The lowest BCUT2D eigenvalue weighted by Crippen LogP contribution is -2.30. The number of ketones is 1. The molecular formula is C10H21NO2. The van der Waals surface area contributed by atoms with Crippen LogP contribution < -0.4 is 0 Å². The molecule has 0 aromatic carbocycles. The monoisotopic (exact) mass is 187 g/mol. The van der Waals surface area contributed by atoms with Crippen LogP contribution in [-0.4, -0.2) is 43.5 Å². The summed E-state index contributed by atoms with van der Waals surface area (Å²) in [4.78, 5) is 13.0. The van der Waals surface area contributed by atoms with Gasteiger partial charge in [-0.15, -0.1) is 0 Å². The van der Waals surface area contributed by atoms with E-state index in [1.54, 1.807) is 0 Å². The van der Waals surface area contributed by atoms with E-state index >= 15 is 0 Å². The molecule has 0 unspecified atom stereocenters. The smallest absolute Gasteiger partial charge is 0.158 e. The van der Waals surface area contributed by atoms with Gasteiger partial charge >= 0.3 is 0 Å². The maximum atomic E-state index is 10.9. The molecule has 0 aromatic rings. The fraction of sp³-hybridized carbons (Fsp3) is 0.900. The van der Waals surface area contributed by atoms with E-state index in [0.29, 0.717) is 19.1 Å². The SMILES string of the molecule is CCC(=O)COCCN(C)C(C)C. The summed E-state index contributed by atoms with van der Waals surface area (Å²) in [6, 6.07) is 0.533. The molecule has 3 nitrogen and oxygen atoms in total. The summed E-state index contributed by atoms with van der Waals surface area (Å²) in [6.45, 7) is 7.91. The van der Waals surface area contributed by atoms with Crippen LogP contribution in [-0.2, 0) is 9.53 Å². The molecule has 0 aliphatic rings. The van der Waals surface area contributed by atoms with Gasteiger partial charge in [0.05, 0.1) is 6.61 Å². The second-order valence-corrected chi connectivity index (χ2v) is 3.52. The van der Waals surface area contributed by atoms with E-state index in [-0.39, 0.29) is 12.4 Å². The van der Waals surface area contributed by atoms with Gasteiger partial charge in [0.1, 0.15) is 6.61 Å². The third-order valence-electron chi connectivity index (χ3n) is 2.13. The molecule has 0 saturated carbocycles. The van der Waals surface area contributed by atoms with Crippen LogP contribution in [0.1, 0.15) is 27.2 Å². The Morgan fingerprint density at radius 1 is 1.46 bits per heavy atom. The first-order chi connectivity index (χ1) is 6.07. The van der Waals surface area contributed by atoms with Gasteiger partial charge < -0.3 is 9.64 Å². The first kappa shape index (κ1) is 12.6. The van der Waals surface area contributed by atoms with Gasteiger partial charge in [0, 0.05) is 19.0 Å². The molecule has 3 heteroatoms. The third-order valence-corrected chi connectivity index (χ3v) is 2.13. The van der Waals surface area contributed by atoms with Crippen LogP contribution in [0.25, 0.3) is 0 Å². The van der Waals surface area contributed by atoms with E-state index < -0.39 is 0 Å². The Morgan fingerprint density at radius 3 is 2.54 bits per heavy atom. The van der Waals surface area contributed by atoms with Crippen molar-refractivity contribution in [1.29, 1.82) is 0 Å². The van der Waals surface area contributed by atoms with Crippen LogP contribution in [0.3, 0.4) is 0 Å². The molecule has 0 N–H and O–H groups in total. The van der Waals surface area contributed by atoms with Crippen LogP contribution in [0.4, 0.5) is 0 Å². The standard InChI is InChI=1S/C10H21NO2/c1-5-10(12)8-13-7-6-11(4)9(2)3/h9H,5-8H2,1-4H3. The topological polar surface area (TPSA) is 29.5 Å². The lowest BCUT2D eigenvalue weighted by molar-refractivity contribution is -0.123. The van der Waals surface area contributed by atoms with Gasteiger partial charge in [-0.3, -0.25) is 4.79 Å². The minimum Gasteiger partial charge on any atom is -0.372 e. The highest BCUT2D eigenvalue weighted by Crippen LogP contribution is 1.92. The maximum Gasteiger partial charge on any atom is 0.158 e. The highest BCUT2D eigenvalue weighted by Gasteiger charge is 2.03. The molecular weight excluding hydrogens is 166 g/mol. The maximum absolute atomic E-state index is 10.9.